The van der Waals surface area contributed by atoms with Crippen LogP contribution in [0.4, 0.5) is 5.69 Å². The summed E-state index contributed by atoms with van der Waals surface area (Å²) in [5.74, 6) is 0.561. The lowest BCUT2D eigenvalue weighted by atomic mass is 10.0. The highest BCUT2D eigenvalue weighted by Gasteiger charge is 2.20. The molecule has 1 aliphatic heterocycles. The van der Waals surface area contributed by atoms with Crippen molar-refractivity contribution in [3.8, 4) is 0 Å². The predicted octanol–water partition coefficient (Wildman–Crippen LogP) is 3.93. The van der Waals surface area contributed by atoms with Crippen LogP contribution in [0, 0.1) is 0 Å². The summed E-state index contributed by atoms with van der Waals surface area (Å²) in [5, 5.41) is 3.46. The third-order valence-electron chi connectivity index (χ3n) is 3.77. The Balaban J connectivity index is 2.30. The number of hydrogen-bond donors (Lipinski definition) is 1. The highest BCUT2D eigenvalue weighted by atomic mass is 79.9. The Labute approximate surface area is 125 Å². The molecule has 1 N–H and O–H groups in total. The van der Waals surface area contributed by atoms with Crippen molar-refractivity contribution in [1.29, 1.82) is 0 Å². The lowest BCUT2D eigenvalue weighted by Crippen LogP contribution is -2.35. The fourth-order valence-corrected chi connectivity index (χ4v) is 3.18. The van der Waals surface area contributed by atoms with Gasteiger partial charge in [-0.1, -0.05) is 26.0 Å². The Bertz CT molecular complexity index is 442. The Morgan fingerprint density at radius 3 is 2.84 bits per heavy atom. The van der Waals surface area contributed by atoms with Crippen LogP contribution in [0.1, 0.15) is 31.7 Å². The Morgan fingerprint density at radius 1 is 1.42 bits per heavy atom. The van der Waals surface area contributed by atoms with Gasteiger partial charge in [-0.05, 0) is 52.5 Å². The minimum Gasteiger partial charge on any atom is -0.363 e. The first-order valence-corrected chi connectivity index (χ1v) is 7.82. The summed E-state index contributed by atoms with van der Waals surface area (Å²) in [6, 6.07) is 7.14. The quantitative estimate of drug-likeness (QED) is 0.848. The molecule has 1 aromatic carbocycles. The molecule has 104 valence electrons. The van der Waals surface area contributed by atoms with Gasteiger partial charge in [-0.2, -0.15) is 0 Å². The van der Waals surface area contributed by atoms with E-state index in [1.54, 1.807) is 0 Å². The molecule has 0 saturated carbocycles. The van der Waals surface area contributed by atoms with Gasteiger partial charge in [0.25, 0.3) is 0 Å². The highest BCUT2D eigenvalue weighted by Crippen LogP contribution is 2.32. The summed E-state index contributed by atoms with van der Waals surface area (Å²) in [6.45, 7) is 11.6. The van der Waals surface area contributed by atoms with E-state index in [2.05, 4.69) is 70.8 Å². The molecule has 2 rings (SSSR count). The van der Waals surface area contributed by atoms with E-state index in [0.29, 0.717) is 12.0 Å². The molecule has 19 heavy (non-hydrogen) atoms. The van der Waals surface area contributed by atoms with Gasteiger partial charge >= 0.3 is 0 Å². The molecule has 1 unspecified atom stereocenters. The van der Waals surface area contributed by atoms with Crippen molar-refractivity contribution in [3.05, 3.63) is 40.9 Å². The number of hydrogen-bond acceptors (Lipinski definition) is 2. The molecule has 0 radical (unpaired) electrons. The first-order chi connectivity index (χ1) is 9.13. The topological polar surface area (TPSA) is 15.3 Å². The van der Waals surface area contributed by atoms with E-state index in [0.717, 1.165) is 26.1 Å². The summed E-state index contributed by atoms with van der Waals surface area (Å²) < 4.78 is 1.19. The van der Waals surface area contributed by atoms with E-state index in [-0.39, 0.29) is 0 Å². The van der Waals surface area contributed by atoms with Gasteiger partial charge in [0.2, 0.25) is 0 Å². The molecule has 0 spiro atoms. The first kappa shape index (κ1) is 14.6. The van der Waals surface area contributed by atoms with E-state index >= 15 is 0 Å². The summed E-state index contributed by atoms with van der Waals surface area (Å²) in [7, 11) is 0. The van der Waals surface area contributed by atoms with Crippen LogP contribution in [0.2, 0.25) is 0 Å². The number of anilines is 1. The minimum atomic E-state index is 0.413. The number of nitrogens with zero attached hydrogens (tertiary/aromatic N) is 1. The molecule has 3 heteroatoms. The molecule has 0 bridgehead atoms. The molecular formula is C16H23BrN2. The van der Waals surface area contributed by atoms with Crippen LogP contribution in [-0.2, 0) is 0 Å². The summed E-state index contributed by atoms with van der Waals surface area (Å²) in [4.78, 5) is 2.45. The van der Waals surface area contributed by atoms with Crippen molar-refractivity contribution in [2.24, 2.45) is 0 Å². The molecule has 1 heterocycles. The van der Waals surface area contributed by atoms with Crippen LogP contribution in [-0.4, -0.2) is 25.7 Å². The summed E-state index contributed by atoms with van der Waals surface area (Å²) in [6.07, 6.45) is 3.18. The molecule has 0 amide bonds. The Kier molecular flexibility index (Phi) is 5.06. The lowest BCUT2D eigenvalue weighted by Gasteiger charge is -2.31. The first-order valence-electron chi connectivity index (χ1n) is 7.03. The van der Waals surface area contributed by atoms with E-state index in [4.69, 9.17) is 0 Å². The van der Waals surface area contributed by atoms with Gasteiger partial charge in [-0.25, -0.2) is 0 Å². The largest absolute Gasteiger partial charge is 0.363 e. The van der Waals surface area contributed by atoms with Crippen LogP contribution < -0.4 is 10.2 Å². The van der Waals surface area contributed by atoms with E-state index < -0.39 is 0 Å². The third kappa shape index (κ3) is 3.40. The SMILES string of the molecule is C=CC1CCNCCN1c1ccc(C(C)C)cc1Br. The standard InChI is InChI=1S/C16H23BrN2/c1-4-14-7-8-18-9-10-19(14)16-6-5-13(12(2)3)11-15(16)17/h4-6,11-12,14,18H,1,7-10H2,2-3H3. The van der Waals surface area contributed by atoms with Crippen LogP contribution in [0.3, 0.4) is 0 Å². The number of halogens is 1. The molecule has 1 saturated heterocycles. The van der Waals surface area contributed by atoms with E-state index in [1.807, 2.05) is 0 Å². The van der Waals surface area contributed by atoms with Gasteiger partial charge in [-0.3, -0.25) is 0 Å². The van der Waals surface area contributed by atoms with Crippen molar-refractivity contribution < 1.29 is 0 Å². The molecule has 1 aliphatic rings. The molecule has 2 nitrogen and oxygen atoms in total. The number of rotatable bonds is 3. The monoisotopic (exact) mass is 322 g/mol. The average Bonchev–Trinajstić information content (AvgIpc) is 2.63. The van der Waals surface area contributed by atoms with Gasteiger partial charge in [0.1, 0.15) is 0 Å². The fourth-order valence-electron chi connectivity index (χ4n) is 2.56. The zero-order chi connectivity index (χ0) is 13.8. The Morgan fingerprint density at radius 2 is 2.21 bits per heavy atom. The fraction of sp³-hybridized carbons (Fsp3) is 0.500. The highest BCUT2D eigenvalue weighted by molar-refractivity contribution is 9.10. The van der Waals surface area contributed by atoms with Gasteiger partial charge < -0.3 is 10.2 Å². The van der Waals surface area contributed by atoms with Gasteiger partial charge in [0, 0.05) is 23.6 Å². The van der Waals surface area contributed by atoms with Crippen molar-refractivity contribution >= 4 is 21.6 Å². The van der Waals surface area contributed by atoms with Crippen LogP contribution >= 0.6 is 15.9 Å². The maximum absolute atomic E-state index is 3.99. The second kappa shape index (κ2) is 6.58. The maximum atomic E-state index is 3.99. The van der Waals surface area contributed by atoms with Gasteiger partial charge in [0.05, 0.1) is 5.69 Å². The number of nitrogens with one attached hydrogen (secondary N) is 1. The molecule has 0 aromatic heterocycles. The molecule has 0 aliphatic carbocycles. The van der Waals surface area contributed by atoms with Crippen LogP contribution in [0.15, 0.2) is 35.3 Å². The zero-order valence-electron chi connectivity index (χ0n) is 11.8. The van der Waals surface area contributed by atoms with Crippen LogP contribution in [0.5, 0.6) is 0 Å². The second-order valence-electron chi connectivity index (χ2n) is 5.40. The van der Waals surface area contributed by atoms with Gasteiger partial charge in [-0.15, -0.1) is 6.58 Å². The average molecular weight is 323 g/mol. The van der Waals surface area contributed by atoms with Crippen LogP contribution in [0.25, 0.3) is 0 Å². The Hall–Kier alpha value is -0.800. The molecule has 1 fully saturated rings. The van der Waals surface area contributed by atoms with Crippen molar-refractivity contribution in [1.82, 2.24) is 5.32 Å². The second-order valence-corrected chi connectivity index (χ2v) is 6.26. The molecular weight excluding hydrogens is 300 g/mol. The normalized spacial score (nSPS) is 20.4. The smallest absolute Gasteiger partial charge is 0.0516 e. The summed E-state index contributed by atoms with van der Waals surface area (Å²) in [5.41, 5.74) is 2.65. The van der Waals surface area contributed by atoms with Crippen molar-refractivity contribution in [2.45, 2.75) is 32.2 Å². The van der Waals surface area contributed by atoms with E-state index in [1.165, 1.54) is 15.7 Å². The van der Waals surface area contributed by atoms with Gasteiger partial charge in [0.15, 0.2) is 0 Å². The zero-order valence-corrected chi connectivity index (χ0v) is 13.4. The van der Waals surface area contributed by atoms with Crippen molar-refractivity contribution in [2.75, 3.05) is 24.5 Å². The van der Waals surface area contributed by atoms with Crippen molar-refractivity contribution in [3.63, 3.8) is 0 Å². The predicted molar refractivity (Wildman–Crippen MR) is 87.0 cm³/mol. The summed E-state index contributed by atoms with van der Waals surface area (Å²) >= 11 is 3.74. The molecule has 1 atom stereocenters. The minimum absolute atomic E-state index is 0.413. The number of benzene rings is 1. The third-order valence-corrected chi connectivity index (χ3v) is 4.40. The maximum Gasteiger partial charge on any atom is 0.0516 e. The van der Waals surface area contributed by atoms with E-state index in [9.17, 15) is 0 Å². The molecule has 1 aromatic rings. The lowest BCUT2D eigenvalue weighted by molar-refractivity contribution is 0.678.